The van der Waals surface area contributed by atoms with Gasteiger partial charge in [-0.2, -0.15) is 0 Å². The van der Waals surface area contributed by atoms with Crippen molar-refractivity contribution in [1.29, 1.82) is 0 Å². The molecule has 130 valence electrons. The number of fused-ring (bicyclic) bond motifs is 1. The molecule has 0 saturated carbocycles. The Bertz CT molecular complexity index is 564. The minimum absolute atomic E-state index is 0.188. The maximum absolute atomic E-state index is 12.1. The average Bonchev–Trinajstić information content (AvgIpc) is 2.83. The first-order chi connectivity index (χ1) is 11.6. The highest BCUT2D eigenvalue weighted by Gasteiger charge is 2.34. The number of carbonyl (C=O) groups excluding carboxylic acids is 3. The summed E-state index contributed by atoms with van der Waals surface area (Å²) < 4.78 is 10.4. The molecule has 0 saturated heterocycles. The first-order valence-corrected chi connectivity index (χ1v) is 8.33. The first-order valence-electron chi connectivity index (χ1n) is 8.33. The van der Waals surface area contributed by atoms with Crippen molar-refractivity contribution in [1.82, 2.24) is 4.90 Å². The van der Waals surface area contributed by atoms with E-state index in [4.69, 9.17) is 9.47 Å². The third-order valence-corrected chi connectivity index (χ3v) is 3.81. The fourth-order valence-electron chi connectivity index (χ4n) is 2.51. The number of ether oxygens (including phenoxy) is 2. The fraction of sp³-hybridized carbons (Fsp3) is 0.500. The molecule has 1 aromatic carbocycles. The number of amides is 2. The van der Waals surface area contributed by atoms with Gasteiger partial charge in [-0.15, -0.1) is 0 Å². The molecule has 2 amide bonds. The van der Waals surface area contributed by atoms with Crippen molar-refractivity contribution in [3.63, 3.8) is 0 Å². The Balaban J connectivity index is 1.61. The zero-order chi connectivity index (χ0) is 17.4. The lowest BCUT2D eigenvalue weighted by Crippen LogP contribution is -2.33. The molecule has 1 aromatic rings. The van der Waals surface area contributed by atoms with E-state index in [2.05, 4.69) is 6.92 Å². The molecule has 1 heterocycles. The Morgan fingerprint density at radius 3 is 2.29 bits per heavy atom. The number of benzene rings is 1. The topological polar surface area (TPSA) is 72.9 Å². The van der Waals surface area contributed by atoms with Crippen LogP contribution in [0.2, 0.25) is 0 Å². The predicted molar refractivity (Wildman–Crippen MR) is 87.7 cm³/mol. The standard InChI is InChI=1S/C18H23NO5/c1-2-3-4-9-16(20)24-13-12-23-11-10-19-17(21)14-7-5-6-8-15(14)18(19)22/h5-8H,2-4,9-13H2,1H3. The highest BCUT2D eigenvalue weighted by atomic mass is 16.6. The second-order valence-electron chi connectivity index (χ2n) is 5.60. The third-order valence-electron chi connectivity index (χ3n) is 3.81. The number of nitrogens with zero attached hydrogens (tertiary/aromatic N) is 1. The summed E-state index contributed by atoms with van der Waals surface area (Å²) in [5.74, 6) is -0.796. The van der Waals surface area contributed by atoms with Crippen molar-refractivity contribution in [3.8, 4) is 0 Å². The monoisotopic (exact) mass is 333 g/mol. The van der Waals surface area contributed by atoms with E-state index in [1.54, 1.807) is 24.3 Å². The summed E-state index contributed by atoms with van der Waals surface area (Å²) in [4.78, 5) is 36.8. The van der Waals surface area contributed by atoms with Crippen LogP contribution in [-0.2, 0) is 14.3 Å². The molecule has 0 spiro atoms. The van der Waals surface area contributed by atoms with Crippen LogP contribution in [0, 0.1) is 0 Å². The fourth-order valence-corrected chi connectivity index (χ4v) is 2.51. The van der Waals surface area contributed by atoms with Gasteiger partial charge in [-0.05, 0) is 18.6 Å². The van der Waals surface area contributed by atoms with Crippen LogP contribution in [0.3, 0.4) is 0 Å². The minimum Gasteiger partial charge on any atom is -0.463 e. The van der Waals surface area contributed by atoms with Crippen LogP contribution in [0.1, 0.15) is 53.3 Å². The van der Waals surface area contributed by atoms with Gasteiger partial charge in [0.1, 0.15) is 6.61 Å². The van der Waals surface area contributed by atoms with Crippen LogP contribution in [0.5, 0.6) is 0 Å². The smallest absolute Gasteiger partial charge is 0.305 e. The zero-order valence-corrected chi connectivity index (χ0v) is 14.0. The number of hydrogen-bond donors (Lipinski definition) is 0. The number of carbonyl (C=O) groups is 3. The molecule has 0 N–H and O–H groups in total. The van der Waals surface area contributed by atoms with Gasteiger partial charge in [0.25, 0.3) is 11.8 Å². The van der Waals surface area contributed by atoms with E-state index in [1.165, 1.54) is 4.90 Å². The molecule has 2 rings (SSSR count). The van der Waals surface area contributed by atoms with Gasteiger partial charge in [-0.25, -0.2) is 0 Å². The van der Waals surface area contributed by atoms with Gasteiger partial charge >= 0.3 is 5.97 Å². The highest BCUT2D eigenvalue weighted by Crippen LogP contribution is 2.21. The average molecular weight is 333 g/mol. The van der Waals surface area contributed by atoms with E-state index in [9.17, 15) is 14.4 Å². The van der Waals surface area contributed by atoms with E-state index in [1.807, 2.05) is 0 Å². The van der Waals surface area contributed by atoms with E-state index >= 15 is 0 Å². The van der Waals surface area contributed by atoms with Crippen LogP contribution in [0.4, 0.5) is 0 Å². The lowest BCUT2D eigenvalue weighted by Gasteiger charge is -2.13. The lowest BCUT2D eigenvalue weighted by molar-refractivity contribution is -0.145. The molecule has 24 heavy (non-hydrogen) atoms. The van der Waals surface area contributed by atoms with Crippen molar-refractivity contribution in [3.05, 3.63) is 35.4 Å². The van der Waals surface area contributed by atoms with E-state index in [0.717, 1.165) is 19.3 Å². The summed E-state index contributed by atoms with van der Waals surface area (Å²) in [5.41, 5.74) is 0.868. The first kappa shape index (κ1) is 18.1. The molecule has 0 bridgehead atoms. The van der Waals surface area contributed by atoms with Crippen LogP contribution < -0.4 is 0 Å². The Morgan fingerprint density at radius 1 is 1.00 bits per heavy atom. The second-order valence-corrected chi connectivity index (χ2v) is 5.60. The molecular formula is C18H23NO5. The summed E-state index contributed by atoms with van der Waals surface area (Å²) >= 11 is 0. The summed E-state index contributed by atoms with van der Waals surface area (Å²) in [6, 6.07) is 6.76. The van der Waals surface area contributed by atoms with Crippen LogP contribution in [0.15, 0.2) is 24.3 Å². The molecule has 6 heteroatoms. The number of imide groups is 1. The Kier molecular flexibility index (Phi) is 6.93. The quantitative estimate of drug-likeness (QED) is 0.373. The molecule has 0 fully saturated rings. The summed E-state index contributed by atoms with van der Waals surface area (Å²) in [6.45, 7) is 2.93. The molecule has 6 nitrogen and oxygen atoms in total. The highest BCUT2D eigenvalue weighted by molar-refractivity contribution is 6.21. The molecule has 0 aromatic heterocycles. The maximum atomic E-state index is 12.1. The zero-order valence-electron chi connectivity index (χ0n) is 14.0. The molecule has 0 aliphatic carbocycles. The summed E-state index contributed by atoms with van der Waals surface area (Å²) in [6.07, 6.45) is 3.36. The van der Waals surface area contributed by atoms with Gasteiger partial charge in [-0.1, -0.05) is 31.9 Å². The Hall–Kier alpha value is -2.21. The van der Waals surface area contributed by atoms with E-state index in [0.29, 0.717) is 17.5 Å². The molecule has 0 radical (unpaired) electrons. The molecule has 0 atom stereocenters. The molecule has 1 aliphatic heterocycles. The van der Waals surface area contributed by atoms with Crippen molar-refractivity contribution >= 4 is 17.8 Å². The van der Waals surface area contributed by atoms with Crippen LogP contribution in [-0.4, -0.2) is 49.0 Å². The third kappa shape index (κ3) is 4.64. The number of rotatable bonds is 10. The molecule has 0 unspecified atom stereocenters. The maximum Gasteiger partial charge on any atom is 0.305 e. The van der Waals surface area contributed by atoms with Crippen LogP contribution >= 0.6 is 0 Å². The van der Waals surface area contributed by atoms with Gasteiger partial charge in [0, 0.05) is 6.42 Å². The second kappa shape index (κ2) is 9.17. The summed E-state index contributed by atoms with van der Waals surface area (Å²) in [5, 5.41) is 0. The van der Waals surface area contributed by atoms with Gasteiger partial charge in [0.05, 0.1) is 30.9 Å². The van der Waals surface area contributed by atoms with Gasteiger partial charge < -0.3 is 9.47 Å². The summed E-state index contributed by atoms with van der Waals surface area (Å²) in [7, 11) is 0. The van der Waals surface area contributed by atoms with E-state index in [-0.39, 0.29) is 44.1 Å². The van der Waals surface area contributed by atoms with Crippen LogP contribution in [0.25, 0.3) is 0 Å². The van der Waals surface area contributed by atoms with Gasteiger partial charge in [0.2, 0.25) is 0 Å². The predicted octanol–water partition coefficient (Wildman–Crippen LogP) is 2.42. The SMILES string of the molecule is CCCCCC(=O)OCCOCCN1C(=O)c2ccccc2C1=O. The number of unbranched alkanes of at least 4 members (excludes halogenated alkanes) is 2. The van der Waals surface area contributed by atoms with E-state index < -0.39 is 0 Å². The Morgan fingerprint density at radius 2 is 1.67 bits per heavy atom. The van der Waals surface area contributed by atoms with Crippen molar-refractivity contribution in [2.75, 3.05) is 26.4 Å². The number of esters is 1. The molecular weight excluding hydrogens is 310 g/mol. The normalized spacial score (nSPS) is 13.3. The Labute approximate surface area is 141 Å². The van der Waals surface area contributed by atoms with Crippen molar-refractivity contribution in [2.45, 2.75) is 32.6 Å². The number of hydrogen-bond acceptors (Lipinski definition) is 5. The van der Waals surface area contributed by atoms with Crippen molar-refractivity contribution < 1.29 is 23.9 Å². The van der Waals surface area contributed by atoms with Gasteiger partial charge in [-0.3, -0.25) is 19.3 Å². The molecule has 1 aliphatic rings. The largest absolute Gasteiger partial charge is 0.463 e. The minimum atomic E-state index is -0.290. The van der Waals surface area contributed by atoms with Crippen molar-refractivity contribution in [2.24, 2.45) is 0 Å². The lowest BCUT2D eigenvalue weighted by atomic mass is 10.1. The van der Waals surface area contributed by atoms with Gasteiger partial charge in [0.15, 0.2) is 0 Å².